The van der Waals surface area contributed by atoms with Crippen molar-refractivity contribution < 1.29 is 0 Å². The highest BCUT2D eigenvalue weighted by Crippen LogP contribution is 2.57. The molecular weight excluding hydrogens is 743 g/mol. The third-order valence-electron chi connectivity index (χ3n) is 13.6. The van der Waals surface area contributed by atoms with Gasteiger partial charge in [-0.15, -0.1) is 11.3 Å². The molecule has 60 heavy (non-hydrogen) atoms. The van der Waals surface area contributed by atoms with E-state index in [-0.39, 0.29) is 10.8 Å². The fourth-order valence-corrected chi connectivity index (χ4v) is 12.0. The number of thiophene rings is 1. The van der Waals surface area contributed by atoms with Crippen molar-refractivity contribution >= 4 is 59.3 Å². The van der Waals surface area contributed by atoms with Crippen LogP contribution in [0.2, 0.25) is 0 Å². The lowest BCUT2D eigenvalue weighted by Crippen LogP contribution is -2.25. The monoisotopic (exact) mass is 785 g/mol. The van der Waals surface area contributed by atoms with Crippen LogP contribution in [0.3, 0.4) is 0 Å². The summed E-state index contributed by atoms with van der Waals surface area (Å²) in [5.41, 5.74) is 18.9. The Labute approximate surface area is 355 Å². The summed E-state index contributed by atoms with van der Waals surface area (Å²) in [5, 5.41) is 5.26. The van der Waals surface area contributed by atoms with Gasteiger partial charge in [0, 0.05) is 47.9 Å². The maximum atomic E-state index is 2.53. The van der Waals surface area contributed by atoms with Crippen molar-refractivity contribution in [2.24, 2.45) is 0 Å². The molecule has 2 heteroatoms. The van der Waals surface area contributed by atoms with Crippen LogP contribution in [-0.2, 0) is 10.8 Å². The zero-order chi connectivity index (χ0) is 40.3. The Kier molecular flexibility index (Phi) is 7.56. The maximum absolute atomic E-state index is 2.53. The molecule has 0 fully saturated rings. The predicted molar refractivity (Wildman–Crippen MR) is 258 cm³/mol. The first-order valence-electron chi connectivity index (χ1n) is 21.1. The second-order valence-electron chi connectivity index (χ2n) is 17.6. The van der Waals surface area contributed by atoms with Crippen molar-refractivity contribution in [2.75, 3.05) is 4.90 Å². The first-order valence-corrected chi connectivity index (χ1v) is 21.9. The first kappa shape index (κ1) is 35.2. The number of anilines is 3. The van der Waals surface area contributed by atoms with E-state index in [9.17, 15) is 0 Å². The van der Waals surface area contributed by atoms with Crippen LogP contribution in [0.15, 0.2) is 188 Å². The van der Waals surface area contributed by atoms with E-state index in [1.54, 1.807) is 0 Å². The fraction of sp³-hybridized carbons (Fsp3) is 0.103. The Morgan fingerprint density at radius 3 is 1.92 bits per heavy atom. The van der Waals surface area contributed by atoms with Gasteiger partial charge in [0.2, 0.25) is 0 Å². The minimum atomic E-state index is -0.226. The van der Waals surface area contributed by atoms with Crippen LogP contribution in [0.5, 0.6) is 0 Å². The summed E-state index contributed by atoms with van der Waals surface area (Å²) in [6.45, 7) is 9.59. The molecule has 0 radical (unpaired) electrons. The van der Waals surface area contributed by atoms with E-state index in [1.165, 1.54) is 103 Å². The molecule has 0 aliphatic heterocycles. The molecule has 2 aliphatic carbocycles. The topological polar surface area (TPSA) is 3.24 Å². The van der Waals surface area contributed by atoms with E-state index in [0.29, 0.717) is 0 Å². The lowest BCUT2D eigenvalue weighted by Gasteiger charge is -2.39. The van der Waals surface area contributed by atoms with Crippen molar-refractivity contribution in [2.45, 2.75) is 38.5 Å². The van der Waals surface area contributed by atoms with E-state index < -0.39 is 0 Å². The van der Waals surface area contributed by atoms with Crippen LogP contribution in [0, 0.1) is 0 Å². The van der Waals surface area contributed by atoms with Gasteiger partial charge < -0.3 is 4.90 Å². The molecule has 1 heterocycles. The highest BCUT2D eigenvalue weighted by Gasteiger charge is 2.39. The molecular formula is C58H43NS. The molecule has 12 rings (SSSR count). The molecule has 2 aliphatic rings. The highest BCUT2D eigenvalue weighted by atomic mass is 32.1. The molecule has 0 saturated carbocycles. The summed E-state index contributed by atoms with van der Waals surface area (Å²) in [6, 6.07) is 70.5. The largest absolute Gasteiger partial charge is 0.310 e. The van der Waals surface area contributed by atoms with Gasteiger partial charge in [-0.3, -0.25) is 0 Å². The normalized spacial score (nSPS) is 14.3. The summed E-state index contributed by atoms with van der Waals surface area (Å²) in [6.07, 6.45) is 0. The summed E-state index contributed by atoms with van der Waals surface area (Å²) in [5.74, 6) is 0. The van der Waals surface area contributed by atoms with E-state index >= 15 is 0 Å². The smallest absolute Gasteiger partial charge is 0.0546 e. The van der Waals surface area contributed by atoms with Gasteiger partial charge in [0.15, 0.2) is 0 Å². The molecule has 9 aromatic carbocycles. The highest BCUT2D eigenvalue weighted by molar-refractivity contribution is 7.26. The SMILES string of the molecule is CC1(C)c2ccccc2-c2ccc(N(c3ccc(-c4cccc5c4sc4ccccc45)cc3)c3ccc4cccc5c4c3-c3cccc(-c4ccccc4)c3C5(C)C)cc21. The standard InChI is InChI=1S/C58H43NS/c1-57(2)48-24-10-8-18-43(48)44-33-32-40(35-50(44)57)59(39-30-27-37(28-31-39)42-21-14-22-46-45-19-9-11-26-52(45)60-56(42)46)51-34-29-38-17-12-25-49-53(38)54(51)47-23-13-20-41(55(47)58(49,3)4)36-15-6-5-7-16-36/h5-35H,1-4H3. The van der Waals surface area contributed by atoms with Crippen LogP contribution < -0.4 is 4.90 Å². The maximum Gasteiger partial charge on any atom is 0.0546 e. The van der Waals surface area contributed by atoms with Crippen molar-refractivity contribution in [3.8, 4) is 44.5 Å². The number of rotatable bonds is 5. The Balaban J connectivity index is 1.11. The van der Waals surface area contributed by atoms with Gasteiger partial charge >= 0.3 is 0 Å². The summed E-state index contributed by atoms with van der Waals surface area (Å²) in [7, 11) is 0. The minimum absolute atomic E-state index is 0.133. The van der Waals surface area contributed by atoms with E-state index in [1.807, 2.05) is 11.3 Å². The average molecular weight is 786 g/mol. The number of nitrogens with zero attached hydrogens (tertiary/aromatic N) is 1. The number of benzene rings is 9. The Hall–Kier alpha value is -6.74. The fourth-order valence-electron chi connectivity index (χ4n) is 10.8. The van der Waals surface area contributed by atoms with Crippen LogP contribution in [-0.4, -0.2) is 0 Å². The molecule has 0 bridgehead atoms. The van der Waals surface area contributed by atoms with Crippen LogP contribution >= 0.6 is 11.3 Å². The van der Waals surface area contributed by atoms with Gasteiger partial charge in [-0.25, -0.2) is 0 Å². The third-order valence-corrected chi connectivity index (χ3v) is 14.9. The zero-order valence-corrected chi connectivity index (χ0v) is 35.1. The van der Waals surface area contributed by atoms with Gasteiger partial charge in [0.1, 0.15) is 0 Å². The summed E-state index contributed by atoms with van der Waals surface area (Å²) >= 11 is 1.89. The Morgan fingerprint density at radius 2 is 1.05 bits per heavy atom. The number of hydrogen-bond donors (Lipinski definition) is 0. The minimum Gasteiger partial charge on any atom is -0.310 e. The summed E-state index contributed by atoms with van der Waals surface area (Å²) < 4.78 is 2.66. The molecule has 0 unspecified atom stereocenters. The molecule has 0 saturated heterocycles. The van der Waals surface area contributed by atoms with Crippen LogP contribution in [0.1, 0.15) is 49.9 Å². The van der Waals surface area contributed by atoms with Gasteiger partial charge in [-0.2, -0.15) is 0 Å². The van der Waals surface area contributed by atoms with Crippen LogP contribution in [0.4, 0.5) is 17.1 Å². The Morgan fingerprint density at radius 1 is 0.417 bits per heavy atom. The second kappa shape index (κ2) is 12.9. The van der Waals surface area contributed by atoms with Crippen molar-refractivity contribution in [1.82, 2.24) is 0 Å². The third kappa shape index (κ3) is 4.98. The van der Waals surface area contributed by atoms with Crippen molar-refractivity contribution in [3.63, 3.8) is 0 Å². The lowest BCUT2D eigenvalue weighted by molar-refractivity contribution is 0.647. The van der Waals surface area contributed by atoms with Gasteiger partial charge in [-0.1, -0.05) is 179 Å². The molecule has 10 aromatic rings. The zero-order valence-electron chi connectivity index (χ0n) is 34.3. The predicted octanol–water partition coefficient (Wildman–Crippen LogP) is 16.6. The molecule has 0 N–H and O–H groups in total. The van der Waals surface area contributed by atoms with Crippen molar-refractivity contribution in [3.05, 3.63) is 210 Å². The first-order chi connectivity index (χ1) is 29.3. The molecule has 286 valence electrons. The van der Waals surface area contributed by atoms with Gasteiger partial charge in [0.05, 0.1) is 5.69 Å². The lowest BCUT2D eigenvalue weighted by atomic mass is 9.66. The van der Waals surface area contributed by atoms with E-state index in [2.05, 4.69) is 221 Å². The van der Waals surface area contributed by atoms with Crippen molar-refractivity contribution in [1.29, 1.82) is 0 Å². The molecule has 1 nitrogen and oxygen atoms in total. The van der Waals surface area contributed by atoms with Crippen LogP contribution in [0.25, 0.3) is 75.5 Å². The molecule has 1 aromatic heterocycles. The average Bonchev–Trinajstić information content (AvgIpc) is 3.78. The van der Waals surface area contributed by atoms with Gasteiger partial charge in [0.25, 0.3) is 0 Å². The molecule has 0 spiro atoms. The number of fused-ring (bicyclic) bond motifs is 8. The molecule has 0 amide bonds. The number of hydrogen-bond acceptors (Lipinski definition) is 2. The quantitative estimate of drug-likeness (QED) is 0.168. The second-order valence-corrected chi connectivity index (χ2v) is 18.7. The van der Waals surface area contributed by atoms with Gasteiger partial charge in [-0.05, 0) is 108 Å². The van der Waals surface area contributed by atoms with E-state index in [0.717, 1.165) is 11.4 Å². The summed E-state index contributed by atoms with van der Waals surface area (Å²) in [4.78, 5) is 2.53. The Bertz CT molecular complexity index is 3370. The molecule has 0 atom stereocenters. The van der Waals surface area contributed by atoms with E-state index in [4.69, 9.17) is 0 Å².